The highest BCUT2D eigenvalue weighted by Gasteiger charge is 2.22. The number of hydrogen-bond donors (Lipinski definition) is 0. The first-order chi connectivity index (χ1) is 12.3. The van der Waals surface area contributed by atoms with Gasteiger partial charge in [0.1, 0.15) is 12.4 Å². The highest BCUT2D eigenvalue weighted by molar-refractivity contribution is 5.83. The Balaban J connectivity index is 2.06. The van der Waals surface area contributed by atoms with Crippen LogP contribution in [0.4, 0.5) is 0 Å². The molecule has 0 aliphatic carbocycles. The van der Waals surface area contributed by atoms with Crippen LogP contribution in [0.3, 0.4) is 0 Å². The Bertz CT molecular complexity index is 982. The fourth-order valence-electron chi connectivity index (χ4n) is 2.98. The molecule has 2 heterocycles. The molecular formula is C19H25N5O2. The maximum Gasteiger partial charge on any atom is 0.275 e. The number of methoxy groups -OCH3 is 1. The van der Waals surface area contributed by atoms with Crippen LogP contribution in [0.1, 0.15) is 38.1 Å². The first-order valence-electron chi connectivity index (χ1n) is 8.72. The molecule has 0 unspecified atom stereocenters. The van der Waals surface area contributed by atoms with Gasteiger partial charge in [0.2, 0.25) is 0 Å². The molecule has 7 nitrogen and oxygen atoms in total. The third-order valence-electron chi connectivity index (χ3n) is 4.23. The molecule has 0 spiro atoms. The van der Waals surface area contributed by atoms with Crippen molar-refractivity contribution < 1.29 is 4.74 Å². The van der Waals surface area contributed by atoms with Gasteiger partial charge < -0.3 is 4.74 Å². The quantitative estimate of drug-likeness (QED) is 0.702. The second-order valence-corrected chi connectivity index (χ2v) is 7.36. The third-order valence-corrected chi connectivity index (χ3v) is 4.23. The maximum atomic E-state index is 12.8. The lowest BCUT2D eigenvalue weighted by atomic mass is 10.1. The van der Waals surface area contributed by atoms with E-state index in [2.05, 4.69) is 36.0 Å². The van der Waals surface area contributed by atoms with Crippen LogP contribution in [-0.2, 0) is 23.2 Å². The van der Waals surface area contributed by atoms with Gasteiger partial charge in [-0.3, -0.25) is 4.79 Å². The summed E-state index contributed by atoms with van der Waals surface area (Å²) >= 11 is 0. The average molecular weight is 355 g/mol. The van der Waals surface area contributed by atoms with Gasteiger partial charge in [-0.15, -0.1) is 0 Å². The number of hydrogen-bond acceptors (Lipinski definition) is 5. The van der Waals surface area contributed by atoms with Gasteiger partial charge in [0.25, 0.3) is 5.56 Å². The molecule has 0 aliphatic heterocycles. The average Bonchev–Trinajstić information content (AvgIpc) is 3.01. The number of benzene rings is 1. The molecule has 0 saturated heterocycles. The van der Waals surface area contributed by atoms with Crippen molar-refractivity contribution in [1.29, 1.82) is 0 Å². The first kappa shape index (κ1) is 18.3. The van der Waals surface area contributed by atoms with E-state index in [4.69, 9.17) is 4.74 Å². The predicted molar refractivity (Wildman–Crippen MR) is 100 cm³/mol. The van der Waals surface area contributed by atoms with E-state index < -0.39 is 0 Å². The molecule has 7 heteroatoms. The van der Waals surface area contributed by atoms with Crippen LogP contribution < -0.4 is 5.56 Å². The number of nitrogens with zero attached hydrogens (tertiary/aromatic N) is 5. The zero-order valence-electron chi connectivity index (χ0n) is 16.0. The van der Waals surface area contributed by atoms with E-state index in [-0.39, 0.29) is 17.6 Å². The predicted octanol–water partition coefficient (Wildman–Crippen LogP) is 2.29. The molecule has 0 atom stereocenters. The van der Waals surface area contributed by atoms with Gasteiger partial charge >= 0.3 is 0 Å². The van der Waals surface area contributed by atoms with Crippen LogP contribution in [-0.4, -0.2) is 38.3 Å². The highest BCUT2D eigenvalue weighted by atomic mass is 16.5. The van der Waals surface area contributed by atoms with Crippen molar-refractivity contribution in [2.75, 3.05) is 13.7 Å². The van der Waals surface area contributed by atoms with Crippen LogP contribution in [0.5, 0.6) is 0 Å². The van der Waals surface area contributed by atoms with Crippen molar-refractivity contribution in [2.45, 2.75) is 46.2 Å². The Kier molecular flexibility index (Phi) is 4.91. The van der Waals surface area contributed by atoms with Crippen LogP contribution in [0, 0.1) is 6.92 Å². The van der Waals surface area contributed by atoms with Gasteiger partial charge in [-0.05, 0) is 33.8 Å². The monoisotopic (exact) mass is 355 g/mol. The molecule has 3 rings (SSSR count). The smallest absolute Gasteiger partial charge is 0.275 e. The first-order valence-corrected chi connectivity index (χ1v) is 8.72. The largest absolute Gasteiger partial charge is 0.384 e. The fraction of sp³-hybridized carbons (Fsp3) is 0.474. The van der Waals surface area contributed by atoms with Gasteiger partial charge in [-0.1, -0.05) is 18.2 Å². The third kappa shape index (κ3) is 3.53. The molecule has 1 aromatic carbocycles. The molecule has 0 radical (unpaired) electrons. The van der Waals surface area contributed by atoms with E-state index in [9.17, 15) is 4.79 Å². The van der Waals surface area contributed by atoms with E-state index in [0.717, 1.165) is 11.1 Å². The summed E-state index contributed by atoms with van der Waals surface area (Å²) in [5, 5.41) is 10.7. The van der Waals surface area contributed by atoms with Gasteiger partial charge in [0, 0.05) is 18.9 Å². The summed E-state index contributed by atoms with van der Waals surface area (Å²) in [6, 6.07) is 7.54. The second-order valence-electron chi connectivity index (χ2n) is 7.36. The minimum absolute atomic E-state index is 0.117. The van der Waals surface area contributed by atoms with E-state index in [0.29, 0.717) is 30.1 Å². The van der Waals surface area contributed by atoms with Gasteiger partial charge in [0.05, 0.1) is 23.2 Å². The summed E-state index contributed by atoms with van der Waals surface area (Å²) in [5.41, 5.74) is 0.457. The number of aryl methyl sites for hydroxylation is 1. The SMILES string of the molecule is COCCc1nc(Cn2nc(C)c3ccccc3c2=O)n(C(C)(C)C)n1. The lowest BCUT2D eigenvalue weighted by molar-refractivity contribution is 0.200. The standard InChI is InChI=1S/C19H25N5O2/c1-13-14-8-6-7-9-15(14)18(25)23(21-13)12-17-20-16(10-11-26-5)22-24(17)19(2,3)4/h6-9H,10-12H2,1-5H3. The molecule has 26 heavy (non-hydrogen) atoms. The Hall–Kier alpha value is -2.54. The molecule has 2 aromatic heterocycles. The second kappa shape index (κ2) is 6.99. The minimum atomic E-state index is -0.247. The van der Waals surface area contributed by atoms with Crippen LogP contribution in [0.25, 0.3) is 10.8 Å². The maximum absolute atomic E-state index is 12.8. The molecule has 0 bridgehead atoms. The van der Waals surface area contributed by atoms with Gasteiger partial charge in [-0.2, -0.15) is 10.2 Å². The Morgan fingerprint density at radius 3 is 2.46 bits per heavy atom. The van der Waals surface area contributed by atoms with Crippen LogP contribution >= 0.6 is 0 Å². The summed E-state index contributed by atoms with van der Waals surface area (Å²) in [5.74, 6) is 1.43. The van der Waals surface area contributed by atoms with Crippen molar-refractivity contribution in [1.82, 2.24) is 24.5 Å². The molecule has 3 aromatic rings. The van der Waals surface area contributed by atoms with Crippen LogP contribution in [0.15, 0.2) is 29.1 Å². The van der Waals surface area contributed by atoms with Crippen LogP contribution in [0.2, 0.25) is 0 Å². The van der Waals surface area contributed by atoms with E-state index in [1.165, 1.54) is 4.68 Å². The van der Waals surface area contributed by atoms with E-state index >= 15 is 0 Å². The molecule has 0 aliphatic rings. The van der Waals surface area contributed by atoms with Crippen molar-refractivity contribution >= 4 is 10.8 Å². The van der Waals surface area contributed by atoms with Gasteiger partial charge in [0.15, 0.2) is 5.82 Å². The summed E-state index contributed by atoms with van der Waals surface area (Å²) in [7, 11) is 1.66. The van der Waals surface area contributed by atoms with Crippen molar-refractivity contribution in [3.8, 4) is 0 Å². The highest BCUT2D eigenvalue weighted by Crippen LogP contribution is 2.17. The molecule has 0 saturated carbocycles. The minimum Gasteiger partial charge on any atom is -0.384 e. The number of ether oxygens (including phenoxy) is 1. The van der Waals surface area contributed by atoms with Crippen molar-refractivity contribution in [2.24, 2.45) is 0 Å². The zero-order chi connectivity index (χ0) is 18.9. The number of rotatable bonds is 5. The Morgan fingerprint density at radius 1 is 1.12 bits per heavy atom. The summed E-state index contributed by atoms with van der Waals surface area (Å²) in [6.07, 6.45) is 0.631. The van der Waals surface area contributed by atoms with Crippen molar-refractivity contribution in [3.63, 3.8) is 0 Å². The molecule has 0 N–H and O–H groups in total. The fourth-order valence-corrected chi connectivity index (χ4v) is 2.98. The number of fused-ring (bicyclic) bond motifs is 1. The molecule has 0 amide bonds. The van der Waals surface area contributed by atoms with E-state index in [1.54, 1.807) is 7.11 Å². The summed E-state index contributed by atoms with van der Waals surface area (Å²) in [4.78, 5) is 17.5. The Labute approximate surface area is 152 Å². The normalized spacial score (nSPS) is 12.0. The summed E-state index contributed by atoms with van der Waals surface area (Å²) in [6.45, 7) is 8.94. The Morgan fingerprint density at radius 2 is 1.81 bits per heavy atom. The number of aromatic nitrogens is 5. The lowest BCUT2D eigenvalue weighted by Gasteiger charge is -2.21. The lowest BCUT2D eigenvalue weighted by Crippen LogP contribution is -2.30. The topological polar surface area (TPSA) is 74.8 Å². The molecular weight excluding hydrogens is 330 g/mol. The zero-order valence-corrected chi connectivity index (χ0v) is 16.0. The van der Waals surface area contributed by atoms with Crippen molar-refractivity contribution in [3.05, 3.63) is 52.0 Å². The summed E-state index contributed by atoms with van der Waals surface area (Å²) < 4.78 is 8.47. The van der Waals surface area contributed by atoms with E-state index in [1.807, 2.05) is 35.9 Å². The van der Waals surface area contributed by atoms with Gasteiger partial charge in [-0.25, -0.2) is 14.3 Å². The molecule has 0 fully saturated rings. The molecule has 138 valence electrons.